The second-order valence-corrected chi connectivity index (χ2v) is 9.90. The van der Waals surface area contributed by atoms with Crippen LogP contribution in [0, 0.1) is 6.92 Å². The van der Waals surface area contributed by atoms with Gasteiger partial charge in [-0.05, 0) is 78.1 Å². The Morgan fingerprint density at radius 1 is 0.850 bits per heavy atom. The number of fused-ring (bicyclic) bond motifs is 1. The van der Waals surface area contributed by atoms with Crippen LogP contribution in [-0.4, -0.2) is 11.8 Å². The van der Waals surface area contributed by atoms with Crippen molar-refractivity contribution < 1.29 is 23.5 Å². The number of ketones is 1. The maximum atomic E-state index is 13.1. The molecular weight excluding hydrogens is 500 g/mol. The fourth-order valence-electron chi connectivity index (χ4n) is 4.39. The Morgan fingerprint density at radius 3 is 2.25 bits per heavy atom. The number of esters is 1. The van der Waals surface area contributed by atoms with Gasteiger partial charge in [0.2, 0.25) is 0 Å². The van der Waals surface area contributed by atoms with Gasteiger partial charge in [0, 0.05) is 10.9 Å². The minimum Gasteiger partial charge on any atom is -0.489 e. The van der Waals surface area contributed by atoms with Crippen LogP contribution in [0.25, 0.3) is 17.0 Å². The van der Waals surface area contributed by atoms with Crippen molar-refractivity contribution in [3.8, 4) is 11.5 Å². The predicted molar refractivity (Wildman–Crippen MR) is 157 cm³/mol. The van der Waals surface area contributed by atoms with Gasteiger partial charge >= 0.3 is 5.97 Å². The minimum absolute atomic E-state index is 0.134. The van der Waals surface area contributed by atoms with E-state index < -0.39 is 5.97 Å². The van der Waals surface area contributed by atoms with Gasteiger partial charge in [0.25, 0.3) is 0 Å². The third-order valence-corrected chi connectivity index (χ3v) is 6.67. The Kier molecular flexibility index (Phi) is 7.92. The smallest absolute Gasteiger partial charge is 0.347 e. The van der Waals surface area contributed by atoms with Gasteiger partial charge in [0.15, 0.2) is 5.78 Å². The summed E-state index contributed by atoms with van der Waals surface area (Å²) < 4.78 is 17.4. The van der Waals surface area contributed by atoms with Crippen molar-refractivity contribution >= 4 is 28.8 Å². The maximum Gasteiger partial charge on any atom is 0.347 e. The molecule has 0 saturated carbocycles. The van der Waals surface area contributed by atoms with Crippen molar-refractivity contribution in [1.29, 1.82) is 0 Å². The first-order valence-electron chi connectivity index (χ1n) is 13.2. The molecule has 1 heterocycles. The number of benzene rings is 4. The van der Waals surface area contributed by atoms with Crippen molar-refractivity contribution in [3.05, 3.63) is 137 Å². The molecule has 0 atom stereocenters. The lowest BCUT2D eigenvalue weighted by Crippen LogP contribution is -2.09. The Bertz CT molecular complexity index is 1660. The molecule has 0 bridgehead atoms. The van der Waals surface area contributed by atoms with Gasteiger partial charge in [-0.1, -0.05) is 74.5 Å². The van der Waals surface area contributed by atoms with E-state index in [4.69, 9.17) is 13.9 Å². The molecule has 0 aliphatic rings. The van der Waals surface area contributed by atoms with E-state index in [0.717, 1.165) is 11.1 Å². The molecular formula is C35H30O5. The largest absolute Gasteiger partial charge is 0.489 e. The van der Waals surface area contributed by atoms with Crippen LogP contribution in [-0.2, 0) is 6.61 Å². The van der Waals surface area contributed by atoms with E-state index in [1.54, 1.807) is 55.5 Å². The molecule has 0 aliphatic carbocycles. The number of hydrogen-bond donors (Lipinski definition) is 0. The van der Waals surface area contributed by atoms with Gasteiger partial charge in [-0.15, -0.1) is 0 Å². The lowest BCUT2D eigenvalue weighted by Gasteiger charge is -2.07. The molecule has 0 unspecified atom stereocenters. The van der Waals surface area contributed by atoms with Crippen LogP contribution >= 0.6 is 0 Å². The lowest BCUT2D eigenvalue weighted by atomic mass is 10.0. The predicted octanol–water partition coefficient (Wildman–Crippen LogP) is 8.56. The third-order valence-electron chi connectivity index (χ3n) is 6.67. The minimum atomic E-state index is -0.541. The first-order valence-corrected chi connectivity index (χ1v) is 13.2. The standard InChI is InChI=1S/C35H30O5/c1-23(2)27-12-9-25(10-13-27)11-19-32(36)28-14-16-29(17-15-28)40-35(37)34-24(3)39-33-20-18-30(21-31(33)34)38-22-26-7-5-4-6-8-26/h4-21,23H,22H2,1-3H3. The summed E-state index contributed by atoms with van der Waals surface area (Å²) in [7, 11) is 0. The highest BCUT2D eigenvalue weighted by atomic mass is 16.5. The number of ether oxygens (including phenoxy) is 2. The van der Waals surface area contributed by atoms with E-state index in [2.05, 4.69) is 26.0 Å². The normalized spacial score (nSPS) is 11.3. The summed E-state index contributed by atoms with van der Waals surface area (Å²) in [5.41, 5.74) is 4.67. The molecule has 200 valence electrons. The fourth-order valence-corrected chi connectivity index (χ4v) is 4.39. The maximum absolute atomic E-state index is 13.1. The molecule has 1 aromatic heterocycles. The van der Waals surface area contributed by atoms with Crippen LogP contribution in [0.5, 0.6) is 11.5 Å². The summed E-state index contributed by atoms with van der Waals surface area (Å²) >= 11 is 0. The number of aryl methyl sites for hydroxylation is 1. The number of rotatable bonds is 9. The zero-order valence-electron chi connectivity index (χ0n) is 22.7. The lowest BCUT2D eigenvalue weighted by molar-refractivity contribution is 0.0734. The summed E-state index contributed by atoms with van der Waals surface area (Å²) in [5, 5.41) is 0.617. The molecule has 0 amide bonds. The zero-order valence-corrected chi connectivity index (χ0v) is 22.7. The first kappa shape index (κ1) is 26.7. The molecule has 0 fully saturated rings. The number of carbonyl (C=O) groups is 2. The van der Waals surface area contributed by atoms with Gasteiger partial charge in [0.05, 0.1) is 0 Å². The number of furan rings is 1. The molecule has 0 spiro atoms. The molecule has 5 aromatic rings. The quantitative estimate of drug-likeness (QED) is 0.0827. The molecule has 4 aromatic carbocycles. The molecule has 0 saturated heterocycles. The highest BCUT2D eigenvalue weighted by molar-refractivity contribution is 6.07. The van der Waals surface area contributed by atoms with Gasteiger partial charge in [-0.2, -0.15) is 0 Å². The Morgan fingerprint density at radius 2 is 1.55 bits per heavy atom. The fraction of sp³-hybridized carbons (Fsp3) is 0.143. The second kappa shape index (κ2) is 11.9. The third kappa shape index (κ3) is 6.21. The molecule has 40 heavy (non-hydrogen) atoms. The molecule has 0 N–H and O–H groups in total. The second-order valence-electron chi connectivity index (χ2n) is 9.90. The number of carbonyl (C=O) groups excluding carboxylic acids is 2. The molecule has 5 heteroatoms. The van der Waals surface area contributed by atoms with E-state index in [9.17, 15) is 9.59 Å². The van der Waals surface area contributed by atoms with Crippen molar-refractivity contribution in [2.24, 2.45) is 0 Å². The van der Waals surface area contributed by atoms with Crippen LogP contribution in [0.2, 0.25) is 0 Å². The van der Waals surface area contributed by atoms with Gasteiger partial charge in [-0.25, -0.2) is 4.79 Å². The summed E-state index contributed by atoms with van der Waals surface area (Å²) in [6, 6.07) is 29.9. The van der Waals surface area contributed by atoms with E-state index in [1.165, 1.54) is 5.56 Å². The van der Waals surface area contributed by atoms with Crippen LogP contribution in [0.1, 0.15) is 62.9 Å². The van der Waals surface area contributed by atoms with Crippen LogP contribution in [0.4, 0.5) is 0 Å². The van der Waals surface area contributed by atoms with Crippen LogP contribution in [0.15, 0.2) is 108 Å². The van der Waals surface area contributed by atoms with Crippen molar-refractivity contribution in [1.82, 2.24) is 0 Å². The number of allylic oxidation sites excluding steroid dienone is 1. The summed E-state index contributed by atoms with van der Waals surface area (Å²) in [6.07, 6.45) is 3.34. The van der Waals surface area contributed by atoms with Gasteiger partial charge in [-0.3, -0.25) is 4.79 Å². The van der Waals surface area contributed by atoms with E-state index in [1.807, 2.05) is 48.5 Å². The Balaban J connectivity index is 1.26. The number of hydrogen-bond acceptors (Lipinski definition) is 5. The first-order chi connectivity index (χ1) is 19.4. The van der Waals surface area contributed by atoms with Crippen LogP contribution in [0.3, 0.4) is 0 Å². The van der Waals surface area contributed by atoms with Gasteiger partial charge in [0.1, 0.15) is 35.0 Å². The molecule has 0 radical (unpaired) electrons. The Labute approximate surface area is 233 Å². The summed E-state index contributed by atoms with van der Waals surface area (Å²) in [4.78, 5) is 25.8. The van der Waals surface area contributed by atoms with Crippen molar-refractivity contribution in [3.63, 3.8) is 0 Å². The van der Waals surface area contributed by atoms with Gasteiger partial charge < -0.3 is 13.9 Å². The highest BCUT2D eigenvalue weighted by Gasteiger charge is 2.21. The Hall–Kier alpha value is -4.90. The van der Waals surface area contributed by atoms with E-state index >= 15 is 0 Å². The average Bonchev–Trinajstić information content (AvgIpc) is 3.31. The summed E-state index contributed by atoms with van der Waals surface area (Å²) in [5.74, 6) is 1.20. The monoisotopic (exact) mass is 530 g/mol. The highest BCUT2D eigenvalue weighted by Crippen LogP contribution is 2.30. The zero-order chi connectivity index (χ0) is 28.1. The summed E-state index contributed by atoms with van der Waals surface area (Å²) in [6.45, 7) is 6.43. The van der Waals surface area contributed by atoms with Crippen molar-refractivity contribution in [2.75, 3.05) is 0 Å². The van der Waals surface area contributed by atoms with E-state index in [-0.39, 0.29) is 5.78 Å². The SMILES string of the molecule is Cc1oc2ccc(OCc3ccccc3)cc2c1C(=O)Oc1ccc(C(=O)C=Cc2ccc(C(C)C)cc2)cc1. The topological polar surface area (TPSA) is 65.7 Å². The molecule has 5 rings (SSSR count). The van der Waals surface area contributed by atoms with Crippen LogP contribution < -0.4 is 9.47 Å². The average molecular weight is 531 g/mol. The molecule has 5 nitrogen and oxygen atoms in total. The van der Waals surface area contributed by atoms with Crippen molar-refractivity contribution in [2.45, 2.75) is 33.3 Å². The van der Waals surface area contributed by atoms with E-state index in [0.29, 0.717) is 51.9 Å². The molecule has 0 aliphatic heterocycles.